The molecule has 0 atom stereocenters. The molecule has 2 N–H and O–H groups in total. The third-order valence-electron chi connectivity index (χ3n) is 4.32. The molecule has 1 amide bonds. The molecule has 152 valence electrons. The van der Waals surface area contributed by atoms with Crippen molar-refractivity contribution in [1.82, 2.24) is 15.5 Å². The normalized spacial score (nSPS) is 15.6. The topological polar surface area (TPSA) is 88.3 Å². The molecule has 2 heterocycles. The van der Waals surface area contributed by atoms with Gasteiger partial charge in [0.2, 0.25) is 0 Å². The van der Waals surface area contributed by atoms with Crippen molar-refractivity contribution in [2.45, 2.75) is 39.2 Å². The Hall–Kier alpha value is -2.22. The van der Waals surface area contributed by atoms with Crippen LogP contribution in [0.2, 0.25) is 0 Å². The SMILES string of the molecule is CCOCCN=C(NCCc1ccco1)NC1CCN(C(=O)OCC)CC1. The fraction of sp³-hybridized carbons (Fsp3) is 0.684. The number of carbonyl (C=O) groups excluding carboxylic acids is 1. The molecular formula is C19H32N4O4. The zero-order valence-corrected chi connectivity index (χ0v) is 16.4. The number of piperidine rings is 1. The smallest absolute Gasteiger partial charge is 0.409 e. The van der Waals surface area contributed by atoms with Gasteiger partial charge in [-0.05, 0) is 38.8 Å². The summed E-state index contributed by atoms with van der Waals surface area (Å²) >= 11 is 0. The number of nitrogens with one attached hydrogen (secondary N) is 2. The Labute approximate surface area is 161 Å². The fourth-order valence-electron chi connectivity index (χ4n) is 2.89. The highest BCUT2D eigenvalue weighted by Gasteiger charge is 2.24. The maximum atomic E-state index is 11.8. The summed E-state index contributed by atoms with van der Waals surface area (Å²) in [6.07, 6.45) is 3.98. The molecule has 27 heavy (non-hydrogen) atoms. The first-order chi connectivity index (χ1) is 13.2. The number of guanidine groups is 1. The van der Waals surface area contributed by atoms with Gasteiger partial charge in [0.25, 0.3) is 0 Å². The number of furan rings is 1. The van der Waals surface area contributed by atoms with Gasteiger partial charge >= 0.3 is 6.09 Å². The average Bonchev–Trinajstić information content (AvgIpc) is 3.19. The molecule has 0 bridgehead atoms. The summed E-state index contributed by atoms with van der Waals surface area (Å²) in [5, 5.41) is 6.83. The summed E-state index contributed by atoms with van der Waals surface area (Å²) in [4.78, 5) is 18.2. The van der Waals surface area contributed by atoms with Crippen molar-refractivity contribution in [3.63, 3.8) is 0 Å². The lowest BCUT2D eigenvalue weighted by Crippen LogP contribution is -2.50. The van der Waals surface area contributed by atoms with Crippen LogP contribution in [0.25, 0.3) is 0 Å². The number of aliphatic imine (C=N–C) groups is 1. The van der Waals surface area contributed by atoms with Crippen LogP contribution in [0.3, 0.4) is 0 Å². The molecule has 1 aliphatic heterocycles. The number of ether oxygens (including phenoxy) is 2. The molecule has 0 aromatic carbocycles. The van der Waals surface area contributed by atoms with Crippen molar-refractivity contribution in [3.05, 3.63) is 24.2 Å². The number of hydrogen-bond acceptors (Lipinski definition) is 5. The highest BCUT2D eigenvalue weighted by Crippen LogP contribution is 2.11. The molecule has 1 aliphatic rings. The van der Waals surface area contributed by atoms with Crippen LogP contribution >= 0.6 is 0 Å². The van der Waals surface area contributed by atoms with Gasteiger partial charge in [0, 0.05) is 38.7 Å². The Bertz CT molecular complexity index is 554. The molecule has 1 saturated heterocycles. The number of rotatable bonds is 9. The first-order valence-corrected chi connectivity index (χ1v) is 9.79. The van der Waals surface area contributed by atoms with Gasteiger partial charge in [0.1, 0.15) is 5.76 Å². The van der Waals surface area contributed by atoms with E-state index in [-0.39, 0.29) is 12.1 Å². The Morgan fingerprint density at radius 3 is 2.81 bits per heavy atom. The van der Waals surface area contributed by atoms with Crippen LogP contribution in [0.1, 0.15) is 32.4 Å². The summed E-state index contributed by atoms with van der Waals surface area (Å²) < 4.78 is 15.8. The molecule has 1 fully saturated rings. The van der Waals surface area contributed by atoms with Gasteiger partial charge in [-0.1, -0.05) is 0 Å². The van der Waals surface area contributed by atoms with Crippen LogP contribution in [0.15, 0.2) is 27.8 Å². The molecule has 0 spiro atoms. The number of hydrogen-bond donors (Lipinski definition) is 2. The van der Waals surface area contributed by atoms with Crippen LogP contribution in [0.4, 0.5) is 4.79 Å². The maximum absolute atomic E-state index is 11.8. The maximum Gasteiger partial charge on any atom is 0.409 e. The summed E-state index contributed by atoms with van der Waals surface area (Å²) in [6.45, 7) is 8.21. The van der Waals surface area contributed by atoms with E-state index in [4.69, 9.17) is 13.9 Å². The van der Waals surface area contributed by atoms with E-state index in [2.05, 4.69) is 15.6 Å². The van der Waals surface area contributed by atoms with Gasteiger partial charge in [0.05, 0.1) is 26.0 Å². The lowest BCUT2D eigenvalue weighted by Gasteiger charge is -2.32. The molecule has 1 aromatic heterocycles. The largest absolute Gasteiger partial charge is 0.469 e. The lowest BCUT2D eigenvalue weighted by atomic mass is 10.1. The molecule has 0 aliphatic carbocycles. The standard InChI is InChI=1S/C19H32N4O4/c1-3-25-15-11-21-18(20-10-7-17-6-5-14-27-17)22-16-8-12-23(13-9-16)19(24)26-4-2/h5-6,14,16H,3-4,7-13,15H2,1-2H3,(H2,20,21,22). The summed E-state index contributed by atoms with van der Waals surface area (Å²) in [5.74, 6) is 1.72. The molecule has 0 radical (unpaired) electrons. The Morgan fingerprint density at radius 2 is 2.15 bits per heavy atom. The van der Waals surface area contributed by atoms with E-state index >= 15 is 0 Å². The van der Waals surface area contributed by atoms with Crippen LogP contribution in [0.5, 0.6) is 0 Å². The minimum absolute atomic E-state index is 0.224. The van der Waals surface area contributed by atoms with Crippen LogP contribution in [-0.4, -0.2) is 69.0 Å². The molecule has 2 rings (SSSR count). The van der Waals surface area contributed by atoms with Gasteiger partial charge in [-0.15, -0.1) is 0 Å². The van der Waals surface area contributed by atoms with Gasteiger partial charge in [-0.2, -0.15) is 0 Å². The molecule has 8 heteroatoms. The second kappa shape index (κ2) is 12.2. The highest BCUT2D eigenvalue weighted by atomic mass is 16.6. The van der Waals surface area contributed by atoms with Gasteiger partial charge in [0.15, 0.2) is 5.96 Å². The van der Waals surface area contributed by atoms with Crippen molar-refractivity contribution in [3.8, 4) is 0 Å². The summed E-state index contributed by atoms with van der Waals surface area (Å²) in [5.41, 5.74) is 0. The van der Waals surface area contributed by atoms with Crippen molar-refractivity contribution < 1.29 is 18.7 Å². The first-order valence-electron chi connectivity index (χ1n) is 9.79. The van der Waals surface area contributed by atoms with Crippen LogP contribution in [0, 0.1) is 0 Å². The van der Waals surface area contributed by atoms with Gasteiger partial charge in [-0.3, -0.25) is 4.99 Å². The predicted octanol–water partition coefficient (Wildman–Crippen LogP) is 2.01. The second-order valence-corrected chi connectivity index (χ2v) is 6.29. The molecule has 8 nitrogen and oxygen atoms in total. The zero-order valence-electron chi connectivity index (χ0n) is 16.4. The Morgan fingerprint density at radius 1 is 1.33 bits per heavy atom. The minimum Gasteiger partial charge on any atom is -0.469 e. The quantitative estimate of drug-likeness (QED) is 0.387. The summed E-state index contributed by atoms with van der Waals surface area (Å²) in [6, 6.07) is 4.13. The van der Waals surface area contributed by atoms with E-state index < -0.39 is 0 Å². The van der Waals surface area contributed by atoms with E-state index in [1.807, 2.05) is 26.0 Å². The van der Waals surface area contributed by atoms with E-state index in [0.29, 0.717) is 39.5 Å². The monoisotopic (exact) mass is 380 g/mol. The van der Waals surface area contributed by atoms with Crippen molar-refractivity contribution in [1.29, 1.82) is 0 Å². The lowest BCUT2D eigenvalue weighted by molar-refractivity contribution is 0.0963. The number of amides is 1. The zero-order chi connectivity index (χ0) is 19.3. The fourth-order valence-corrected chi connectivity index (χ4v) is 2.89. The minimum atomic E-state index is -0.224. The van der Waals surface area contributed by atoms with E-state index in [1.54, 1.807) is 11.2 Å². The van der Waals surface area contributed by atoms with Gasteiger partial charge < -0.3 is 29.4 Å². The Balaban J connectivity index is 1.79. The molecule has 0 saturated carbocycles. The van der Waals surface area contributed by atoms with Crippen LogP contribution < -0.4 is 10.6 Å². The van der Waals surface area contributed by atoms with Crippen LogP contribution in [-0.2, 0) is 15.9 Å². The van der Waals surface area contributed by atoms with Crippen molar-refractivity contribution in [2.24, 2.45) is 4.99 Å². The number of carbonyl (C=O) groups is 1. The molecule has 1 aromatic rings. The van der Waals surface area contributed by atoms with E-state index in [1.165, 1.54) is 0 Å². The highest BCUT2D eigenvalue weighted by molar-refractivity contribution is 5.80. The van der Waals surface area contributed by atoms with E-state index in [9.17, 15) is 4.79 Å². The first kappa shape index (κ1) is 21.1. The van der Waals surface area contributed by atoms with Gasteiger partial charge in [-0.25, -0.2) is 4.79 Å². The van der Waals surface area contributed by atoms with E-state index in [0.717, 1.165) is 37.5 Å². The number of nitrogens with zero attached hydrogens (tertiary/aromatic N) is 2. The predicted molar refractivity (Wildman–Crippen MR) is 104 cm³/mol. The number of likely N-dealkylation sites (tertiary alicyclic amines) is 1. The molecular weight excluding hydrogens is 348 g/mol. The summed E-state index contributed by atoms with van der Waals surface area (Å²) in [7, 11) is 0. The second-order valence-electron chi connectivity index (χ2n) is 6.29. The Kier molecular flexibility index (Phi) is 9.54. The van der Waals surface area contributed by atoms with Crippen molar-refractivity contribution >= 4 is 12.1 Å². The van der Waals surface area contributed by atoms with Crippen molar-refractivity contribution in [2.75, 3.05) is 46.0 Å². The third-order valence-corrected chi connectivity index (χ3v) is 4.32. The third kappa shape index (κ3) is 7.90. The average molecular weight is 380 g/mol. The molecule has 0 unspecified atom stereocenters.